The second-order valence-corrected chi connectivity index (χ2v) is 4.83. The van der Waals surface area contributed by atoms with Crippen molar-refractivity contribution in [3.63, 3.8) is 0 Å². The number of urea groups is 1. The average molecular weight is 300 g/mol. The Labute approximate surface area is 130 Å². The fourth-order valence-electron chi connectivity index (χ4n) is 2.07. The maximum Gasteiger partial charge on any atom is 0.319 e. The van der Waals surface area contributed by atoms with E-state index in [0.29, 0.717) is 17.2 Å². The lowest BCUT2D eigenvalue weighted by Crippen LogP contribution is -2.31. The molecule has 0 saturated heterocycles. The normalized spacial score (nSPS) is 11.4. The van der Waals surface area contributed by atoms with Crippen molar-refractivity contribution in [1.82, 2.24) is 5.32 Å². The quantitative estimate of drug-likeness (QED) is 0.887. The SMILES string of the molecule is COc1cc(NC(=O)NC(C)c2ccccc2)cc(OC)c1. The number of hydrogen-bond donors (Lipinski definition) is 2. The van der Waals surface area contributed by atoms with E-state index in [1.807, 2.05) is 37.3 Å². The van der Waals surface area contributed by atoms with Crippen LogP contribution in [0.25, 0.3) is 0 Å². The lowest BCUT2D eigenvalue weighted by atomic mass is 10.1. The Morgan fingerprint density at radius 2 is 1.59 bits per heavy atom. The molecule has 2 N–H and O–H groups in total. The zero-order valence-electron chi connectivity index (χ0n) is 12.9. The summed E-state index contributed by atoms with van der Waals surface area (Å²) in [4.78, 5) is 12.1. The molecule has 0 aromatic heterocycles. The van der Waals surface area contributed by atoms with Gasteiger partial charge in [-0.05, 0) is 12.5 Å². The summed E-state index contributed by atoms with van der Waals surface area (Å²) >= 11 is 0. The van der Waals surface area contributed by atoms with E-state index >= 15 is 0 Å². The molecule has 2 rings (SSSR count). The van der Waals surface area contributed by atoms with Gasteiger partial charge in [0.05, 0.1) is 20.3 Å². The Balaban J connectivity index is 2.03. The van der Waals surface area contributed by atoms with Gasteiger partial charge in [-0.3, -0.25) is 0 Å². The van der Waals surface area contributed by atoms with Gasteiger partial charge in [0.25, 0.3) is 0 Å². The summed E-state index contributed by atoms with van der Waals surface area (Å²) in [5.41, 5.74) is 1.65. The van der Waals surface area contributed by atoms with Crippen LogP contribution in [-0.4, -0.2) is 20.3 Å². The standard InChI is InChI=1S/C17H20N2O3/c1-12(13-7-5-4-6-8-13)18-17(20)19-14-9-15(21-2)11-16(10-14)22-3/h4-12H,1-3H3,(H2,18,19,20). The molecule has 116 valence electrons. The molecule has 22 heavy (non-hydrogen) atoms. The average Bonchev–Trinajstić information content (AvgIpc) is 2.55. The lowest BCUT2D eigenvalue weighted by Gasteiger charge is -2.15. The first-order valence-electron chi connectivity index (χ1n) is 6.98. The molecule has 5 nitrogen and oxygen atoms in total. The molecule has 2 aromatic carbocycles. The molecular weight excluding hydrogens is 280 g/mol. The van der Waals surface area contributed by atoms with Crippen molar-refractivity contribution in [3.05, 3.63) is 54.1 Å². The van der Waals surface area contributed by atoms with Crippen LogP contribution in [-0.2, 0) is 0 Å². The summed E-state index contributed by atoms with van der Waals surface area (Å²) in [6, 6.07) is 14.6. The summed E-state index contributed by atoms with van der Waals surface area (Å²) < 4.78 is 10.4. The molecule has 0 heterocycles. The van der Waals surface area contributed by atoms with Crippen LogP contribution in [0.2, 0.25) is 0 Å². The first-order valence-corrected chi connectivity index (χ1v) is 6.98. The van der Waals surface area contributed by atoms with E-state index in [9.17, 15) is 4.79 Å². The Kier molecular flexibility index (Phi) is 5.25. The zero-order valence-corrected chi connectivity index (χ0v) is 12.9. The number of methoxy groups -OCH3 is 2. The predicted octanol–water partition coefficient (Wildman–Crippen LogP) is 3.59. The number of nitrogens with one attached hydrogen (secondary N) is 2. The van der Waals surface area contributed by atoms with E-state index in [1.165, 1.54) is 0 Å². The van der Waals surface area contributed by atoms with Gasteiger partial charge in [-0.1, -0.05) is 30.3 Å². The number of ether oxygens (including phenoxy) is 2. The summed E-state index contributed by atoms with van der Waals surface area (Å²) in [6.07, 6.45) is 0. The molecule has 0 bridgehead atoms. The van der Waals surface area contributed by atoms with Crippen LogP contribution in [0, 0.1) is 0 Å². The smallest absolute Gasteiger partial charge is 0.319 e. The number of amides is 2. The van der Waals surface area contributed by atoms with Crippen LogP contribution in [0.5, 0.6) is 11.5 Å². The van der Waals surface area contributed by atoms with Gasteiger partial charge in [0.15, 0.2) is 0 Å². The molecule has 2 amide bonds. The molecule has 5 heteroatoms. The van der Waals surface area contributed by atoms with Gasteiger partial charge in [0.2, 0.25) is 0 Å². The number of carbonyl (C=O) groups excluding carboxylic acids is 1. The molecular formula is C17H20N2O3. The molecule has 0 spiro atoms. The number of hydrogen-bond acceptors (Lipinski definition) is 3. The van der Waals surface area contributed by atoms with Crippen molar-refractivity contribution in [3.8, 4) is 11.5 Å². The predicted molar refractivity (Wildman–Crippen MR) is 86.6 cm³/mol. The fourth-order valence-corrected chi connectivity index (χ4v) is 2.07. The van der Waals surface area contributed by atoms with Crippen molar-refractivity contribution < 1.29 is 14.3 Å². The molecule has 0 saturated carbocycles. The highest BCUT2D eigenvalue weighted by Crippen LogP contribution is 2.25. The molecule has 1 atom stereocenters. The van der Waals surface area contributed by atoms with E-state index in [2.05, 4.69) is 10.6 Å². The Morgan fingerprint density at radius 1 is 1.00 bits per heavy atom. The minimum atomic E-state index is -0.286. The fraction of sp³-hybridized carbons (Fsp3) is 0.235. The molecule has 2 aromatic rings. The number of rotatable bonds is 5. The number of benzene rings is 2. The summed E-state index contributed by atoms with van der Waals surface area (Å²) in [6.45, 7) is 1.93. The Bertz CT molecular complexity index is 607. The minimum Gasteiger partial charge on any atom is -0.497 e. The van der Waals surface area contributed by atoms with E-state index in [0.717, 1.165) is 5.56 Å². The largest absolute Gasteiger partial charge is 0.497 e. The van der Waals surface area contributed by atoms with Crippen LogP contribution in [0.15, 0.2) is 48.5 Å². The third kappa shape index (κ3) is 4.15. The zero-order chi connectivity index (χ0) is 15.9. The van der Waals surface area contributed by atoms with Crippen LogP contribution in [0.1, 0.15) is 18.5 Å². The van der Waals surface area contributed by atoms with Crippen LogP contribution in [0.3, 0.4) is 0 Å². The molecule has 0 aliphatic heterocycles. The van der Waals surface area contributed by atoms with Gasteiger partial charge in [0, 0.05) is 23.9 Å². The van der Waals surface area contributed by atoms with E-state index in [1.54, 1.807) is 32.4 Å². The molecule has 0 fully saturated rings. The van der Waals surface area contributed by atoms with Crippen molar-refractivity contribution in [2.24, 2.45) is 0 Å². The maximum atomic E-state index is 12.1. The molecule has 0 radical (unpaired) electrons. The van der Waals surface area contributed by atoms with Gasteiger partial charge in [-0.25, -0.2) is 4.79 Å². The molecule has 1 unspecified atom stereocenters. The van der Waals surface area contributed by atoms with Crippen LogP contribution >= 0.6 is 0 Å². The third-order valence-corrected chi connectivity index (χ3v) is 3.26. The van der Waals surface area contributed by atoms with Crippen LogP contribution < -0.4 is 20.1 Å². The third-order valence-electron chi connectivity index (χ3n) is 3.26. The van der Waals surface area contributed by atoms with Crippen molar-refractivity contribution >= 4 is 11.7 Å². The second kappa shape index (κ2) is 7.36. The van der Waals surface area contributed by atoms with Crippen molar-refractivity contribution in [1.29, 1.82) is 0 Å². The Hall–Kier alpha value is -2.69. The molecule has 0 aliphatic carbocycles. The van der Waals surface area contributed by atoms with E-state index < -0.39 is 0 Å². The van der Waals surface area contributed by atoms with Crippen molar-refractivity contribution in [2.45, 2.75) is 13.0 Å². The summed E-state index contributed by atoms with van der Waals surface area (Å²) in [5.74, 6) is 1.23. The first-order chi connectivity index (χ1) is 10.6. The summed E-state index contributed by atoms with van der Waals surface area (Å²) in [5, 5.41) is 5.67. The lowest BCUT2D eigenvalue weighted by molar-refractivity contribution is 0.249. The van der Waals surface area contributed by atoms with Gasteiger partial charge >= 0.3 is 6.03 Å². The number of anilines is 1. The van der Waals surface area contributed by atoms with Gasteiger partial charge in [0.1, 0.15) is 11.5 Å². The highest BCUT2D eigenvalue weighted by Gasteiger charge is 2.10. The molecule has 0 aliphatic rings. The van der Waals surface area contributed by atoms with Crippen LogP contribution in [0.4, 0.5) is 10.5 Å². The monoisotopic (exact) mass is 300 g/mol. The topological polar surface area (TPSA) is 59.6 Å². The highest BCUT2D eigenvalue weighted by molar-refractivity contribution is 5.90. The van der Waals surface area contributed by atoms with E-state index in [4.69, 9.17) is 9.47 Å². The minimum absolute atomic E-state index is 0.0892. The van der Waals surface area contributed by atoms with Crippen molar-refractivity contribution in [2.75, 3.05) is 19.5 Å². The Morgan fingerprint density at radius 3 is 2.14 bits per heavy atom. The van der Waals surface area contributed by atoms with Gasteiger partial charge < -0.3 is 20.1 Å². The van der Waals surface area contributed by atoms with E-state index in [-0.39, 0.29) is 12.1 Å². The second-order valence-electron chi connectivity index (χ2n) is 4.83. The maximum absolute atomic E-state index is 12.1. The van der Waals surface area contributed by atoms with Gasteiger partial charge in [-0.2, -0.15) is 0 Å². The number of carbonyl (C=O) groups is 1. The summed E-state index contributed by atoms with van der Waals surface area (Å²) in [7, 11) is 3.13. The highest BCUT2D eigenvalue weighted by atomic mass is 16.5. The first kappa shape index (κ1) is 15.7. The van der Waals surface area contributed by atoms with Gasteiger partial charge in [-0.15, -0.1) is 0 Å².